The molecule has 1 aromatic carbocycles. The highest BCUT2D eigenvalue weighted by Crippen LogP contribution is 2.16. The smallest absolute Gasteiger partial charge is 0.280 e. The van der Waals surface area contributed by atoms with Gasteiger partial charge in [0.25, 0.3) is 5.91 Å². The third-order valence-corrected chi connectivity index (χ3v) is 2.54. The molecular weight excluding hydrogens is 216 g/mol. The van der Waals surface area contributed by atoms with Crippen LogP contribution in [0.2, 0.25) is 0 Å². The fourth-order valence-electron chi connectivity index (χ4n) is 1.61. The maximum atomic E-state index is 12.1. The van der Waals surface area contributed by atoms with Gasteiger partial charge in [-0.15, -0.1) is 0 Å². The van der Waals surface area contributed by atoms with Crippen molar-refractivity contribution in [1.82, 2.24) is 15.4 Å². The van der Waals surface area contributed by atoms with E-state index in [4.69, 9.17) is 0 Å². The number of benzene rings is 1. The van der Waals surface area contributed by atoms with Crippen molar-refractivity contribution in [2.45, 2.75) is 13.8 Å². The molecule has 2 rings (SSSR count). The van der Waals surface area contributed by atoms with Crippen molar-refractivity contribution in [3.63, 3.8) is 0 Å². The van der Waals surface area contributed by atoms with E-state index in [1.165, 1.54) is 11.8 Å². The lowest BCUT2D eigenvalue weighted by molar-refractivity contribution is 0.0983. The number of aromatic nitrogens is 3. The van der Waals surface area contributed by atoms with Crippen LogP contribution in [0.1, 0.15) is 23.0 Å². The van der Waals surface area contributed by atoms with Crippen LogP contribution in [0, 0.1) is 6.92 Å². The first kappa shape index (κ1) is 11.3. The molecule has 0 bridgehead atoms. The van der Waals surface area contributed by atoms with Gasteiger partial charge in [-0.25, -0.2) is 0 Å². The summed E-state index contributed by atoms with van der Waals surface area (Å²) in [6.45, 7) is 4.53. The summed E-state index contributed by atoms with van der Waals surface area (Å²) < 4.78 is 0. The summed E-state index contributed by atoms with van der Waals surface area (Å²) in [4.78, 5) is 13.8. The SMILES string of the molecule is CCN(C(=O)c1cn[nH]n1)c1ccc(C)cc1. The van der Waals surface area contributed by atoms with Gasteiger partial charge in [0, 0.05) is 12.2 Å². The lowest BCUT2D eigenvalue weighted by atomic mass is 10.2. The van der Waals surface area contributed by atoms with Gasteiger partial charge in [0.05, 0.1) is 6.20 Å². The Bertz CT molecular complexity index is 490. The molecule has 0 aliphatic carbocycles. The van der Waals surface area contributed by atoms with Crippen LogP contribution in [-0.2, 0) is 0 Å². The molecule has 1 aromatic heterocycles. The van der Waals surface area contributed by atoms with Crippen LogP contribution in [0.3, 0.4) is 0 Å². The number of carbonyl (C=O) groups excluding carboxylic acids is 1. The molecule has 0 saturated carbocycles. The molecule has 2 aromatic rings. The number of nitrogens with one attached hydrogen (secondary N) is 1. The topological polar surface area (TPSA) is 61.9 Å². The minimum atomic E-state index is -0.148. The summed E-state index contributed by atoms with van der Waals surface area (Å²) in [5.74, 6) is -0.148. The third-order valence-electron chi connectivity index (χ3n) is 2.54. The average Bonchev–Trinajstić information content (AvgIpc) is 2.86. The first-order valence-corrected chi connectivity index (χ1v) is 5.46. The Morgan fingerprint density at radius 3 is 2.59 bits per heavy atom. The second kappa shape index (κ2) is 4.78. The molecule has 1 heterocycles. The molecule has 0 aliphatic heterocycles. The number of nitrogens with zero attached hydrogens (tertiary/aromatic N) is 3. The van der Waals surface area contributed by atoms with Gasteiger partial charge in [0.15, 0.2) is 5.69 Å². The molecule has 0 saturated heterocycles. The normalized spacial score (nSPS) is 10.2. The lowest BCUT2D eigenvalue weighted by Gasteiger charge is -2.19. The van der Waals surface area contributed by atoms with Gasteiger partial charge in [0.2, 0.25) is 0 Å². The number of hydrogen-bond donors (Lipinski definition) is 1. The van der Waals surface area contributed by atoms with E-state index in [1.54, 1.807) is 4.90 Å². The van der Waals surface area contributed by atoms with Crippen molar-refractivity contribution < 1.29 is 4.79 Å². The fourth-order valence-corrected chi connectivity index (χ4v) is 1.61. The van der Waals surface area contributed by atoms with Crippen LogP contribution in [0.4, 0.5) is 5.69 Å². The zero-order valence-corrected chi connectivity index (χ0v) is 9.84. The number of aromatic amines is 1. The average molecular weight is 230 g/mol. The number of H-pyrrole nitrogens is 1. The molecule has 5 heteroatoms. The molecule has 0 spiro atoms. The Balaban J connectivity index is 2.28. The van der Waals surface area contributed by atoms with Crippen molar-refractivity contribution in [3.8, 4) is 0 Å². The van der Waals surface area contributed by atoms with Crippen molar-refractivity contribution in [1.29, 1.82) is 0 Å². The summed E-state index contributed by atoms with van der Waals surface area (Å²) >= 11 is 0. The second-order valence-corrected chi connectivity index (χ2v) is 3.74. The van der Waals surface area contributed by atoms with Crippen LogP contribution >= 0.6 is 0 Å². The Labute approximate surface area is 99.5 Å². The van der Waals surface area contributed by atoms with Crippen LogP contribution in [0.5, 0.6) is 0 Å². The van der Waals surface area contributed by atoms with Crippen LogP contribution < -0.4 is 4.90 Å². The summed E-state index contributed by atoms with van der Waals surface area (Å²) in [5.41, 5.74) is 2.36. The lowest BCUT2D eigenvalue weighted by Crippen LogP contribution is -2.30. The Morgan fingerprint density at radius 2 is 2.06 bits per heavy atom. The Hall–Kier alpha value is -2.17. The zero-order chi connectivity index (χ0) is 12.3. The second-order valence-electron chi connectivity index (χ2n) is 3.74. The molecule has 5 nitrogen and oxygen atoms in total. The molecule has 0 aliphatic rings. The van der Waals surface area contributed by atoms with E-state index in [0.717, 1.165) is 5.69 Å². The van der Waals surface area contributed by atoms with Crippen LogP contribution in [0.25, 0.3) is 0 Å². The van der Waals surface area contributed by atoms with Gasteiger partial charge in [0.1, 0.15) is 0 Å². The summed E-state index contributed by atoms with van der Waals surface area (Å²) in [5, 5.41) is 9.89. The molecule has 1 N–H and O–H groups in total. The number of rotatable bonds is 3. The first-order valence-electron chi connectivity index (χ1n) is 5.46. The van der Waals surface area contributed by atoms with E-state index in [2.05, 4.69) is 15.4 Å². The minimum absolute atomic E-state index is 0.148. The van der Waals surface area contributed by atoms with Crippen LogP contribution in [0.15, 0.2) is 30.5 Å². The summed E-state index contributed by atoms with van der Waals surface area (Å²) in [7, 11) is 0. The number of aryl methyl sites for hydroxylation is 1. The van der Waals surface area contributed by atoms with E-state index in [1.807, 2.05) is 38.1 Å². The molecule has 0 atom stereocenters. The highest BCUT2D eigenvalue weighted by molar-refractivity contribution is 6.04. The van der Waals surface area contributed by atoms with Crippen molar-refractivity contribution in [2.75, 3.05) is 11.4 Å². The summed E-state index contributed by atoms with van der Waals surface area (Å²) in [6, 6.07) is 7.82. The van der Waals surface area contributed by atoms with Crippen LogP contribution in [-0.4, -0.2) is 27.9 Å². The fraction of sp³-hybridized carbons (Fsp3) is 0.250. The van der Waals surface area contributed by atoms with Crippen molar-refractivity contribution >= 4 is 11.6 Å². The molecular formula is C12H14N4O. The van der Waals surface area contributed by atoms with Gasteiger partial charge in [-0.2, -0.15) is 15.4 Å². The van der Waals surface area contributed by atoms with Gasteiger partial charge in [-0.1, -0.05) is 17.7 Å². The number of carbonyl (C=O) groups is 1. The highest BCUT2D eigenvalue weighted by Gasteiger charge is 2.17. The first-order chi connectivity index (χ1) is 8.22. The van der Waals surface area contributed by atoms with E-state index < -0.39 is 0 Å². The maximum Gasteiger partial charge on any atom is 0.280 e. The molecule has 1 amide bonds. The number of hydrogen-bond acceptors (Lipinski definition) is 3. The third kappa shape index (κ3) is 2.33. The molecule has 88 valence electrons. The van der Waals surface area contributed by atoms with Crippen molar-refractivity contribution in [2.24, 2.45) is 0 Å². The minimum Gasteiger partial charge on any atom is -0.307 e. The van der Waals surface area contributed by atoms with E-state index in [-0.39, 0.29) is 5.91 Å². The van der Waals surface area contributed by atoms with Gasteiger partial charge < -0.3 is 4.90 Å². The molecule has 0 fully saturated rings. The largest absolute Gasteiger partial charge is 0.307 e. The maximum absolute atomic E-state index is 12.1. The quantitative estimate of drug-likeness (QED) is 0.874. The highest BCUT2D eigenvalue weighted by atomic mass is 16.2. The standard InChI is InChI=1S/C12H14N4O/c1-3-16(10-6-4-9(2)5-7-10)12(17)11-8-13-15-14-11/h4-8H,3H2,1-2H3,(H,13,14,15). The van der Waals surface area contributed by atoms with Gasteiger partial charge >= 0.3 is 0 Å². The van der Waals surface area contributed by atoms with E-state index in [9.17, 15) is 4.79 Å². The molecule has 0 unspecified atom stereocenters. The monoisotopic (exact) mass is 230 g/mol. The Kier molecular flexibility index (Phi) is 3.18. The number of amides is 1. The van der Waals surface area contributed by atoms with E-state index >= 15 is 0 Å². The predicted octanol–water partition coefficient (Wildman–Crippen LogP) is 1.78. The van der Waals surface area contributed by atoms with Gasteiger partial charge in [-0.05, 0) is 26.0 Å². The molecule has 17 heavy (non-hydrogen) atoms. The number of anilines is 1. The zero-order valence-electron chi connectivity index (χ0n) is 9.84. The molecule has 0 radical (unpaired) electrons. The predicted molar refractivity (Wildman–Crippen MR) is 64.9 cm³/mol. The summed E-state index contributed by atoms with van der Waals surface area (Å²) in [6.07, 6.45) is 1.43. The van der Waals surface area contributed by atoms with Crippen molar-refractivity contribution in [3.05, 3.63) is 41.7 Å². The Morgan fingerprint density at radius 1 is 1.35 bits per heavy atom. The van der Waals surface area contributed by atoms with E-state index in [0.29, 0.717) is 12.2 Å². The van der Waals surface area contributed by atoms with Gasteiger partial charge in [-0.3, -0.25) is 4.79 Å².